The van der Waals surface area contributed by atoms with Crippen LogP contribution >= 0.6 is 11.3 Å². The second kappa shape index (κ2) is 8.14. The lowest BCUT2D eigenvalue weighted by molar-refractivity contribution is -0.146. The topological polar surface area (TPSA) is 81.7 Å². The predicted octanol–water partition coefficient (Wildman–Crippen LogP) is 2.75. The zero-order valence-electron chi connectivity index (χ0n) is 14.4. The Balaban J connectivity index is 1.58. The quantitative estimate of drug-likeness (QED) is 0.788. The number of thiophene rings is 1. The third-order valence-corrected chi connectivity index (χ3v) is 5.33. The number of benzene rings is 1. The fraction of sp³-hybridized carbons (Fsp3) is 0.316. The van der Waals surface area contributed by atoms with E-state index in [9.17, 15) is 14.4 Å². The summed E-state index contributed by atoms with van der Waals surface area (Å²) in [6, 6.07) is 9.16. The molecule has 1 heterocycles. The van der Waals surface area contributed by atoms with Gasteiger partial charge in [-0.25, -0.2) is 4.79 Å². The average Bonchev–Trinajstić information content (AvgIpc) is 3.21. The van der Waals surface area contributed by atoms with Gasteiger partial charge in [0.05, 0.1) is 19.1 Å². The molecule has 1 N–H and O–H groups in total. The van der Waals surface area contributed by atoms with Crippen molar-refractivity contribution >= 4 is 34.2 Å². The standard InChI is InChI=1S/C19H19NO5S/c1-24-19(23)17-13-8-5-9-14(13)26-18(17)20-15(21)11-25-16(22)10-12-6-3-2-4-7-12/h2-4,6-7H,5,8-11H2,1H3,(H,20,21). The van der Waals surface area contributed by atoms with E-state index in [2.05, 4.69) is 5.32 Å². The molecule has 6 nitrogen and oxygen atoms in total. The molecule has 0 saturated heterocycles. The number of aryl methyl sites for hydroxylation is 1. The average molecular weight is 373 g/mol. The lowest BCUT2D eigenvalue weighted by atomic mass is 10.1. The highest BCUT2D eigenvalue weighted by Gasteiger charge is 2.28. The highest BCUT2D eigenvalue weighted by Crippen LogP contribution is 2.39. The molecule has 0 radical (unpaired) electrons. The first kappa shape index (κ1) is 18.1. The van der Waals surface area contributed by atoms with Crippen LogP contribution in [-0.2, 0) is 38.3 Å². The Hall–Kier alpha value is -2.67. The number of fused-ring (bicyclic) bond motifs is 1. The van der Waals surface area contributed by atoms with Gasteiger partial charge in [0, 0.05) is 4.88 Å². The van der Waals surface area contributed by atoms with Crippen molar-refractivity contribution in [2.45, 2.75) is 25.7 Å². The minimum absolute atomic E-state index is 0.106. The van der Waals surface area contributed by atoms with Gasteiger partial charge in [-0.1, -0.05) is 30.3 Å². The van der Waals surface area contributed by atoms with Gasteiger partial charge in [-0.3, -0.25) is 9.59 Å². The summed E-state index contributed by atoms with van der Waals surface area (Å²) in [4.78, 5) is 37.1. The van der Waals surface area contributed by atoms with Crippen LogP contribution in [0.25, 0.3) is 0 Å². The van der Waals surface area contributed by atoms with Crippen molar-refractivity contribution in [3.05, 3.63) is 51.9 Å². The van der Waals surface area contributed by atoms with Gasteiger partial charge in [0.1, 0.15) is 5.00 Å². The maximum absolute atomic E-state index is 12.1. The zero-order valence-corrected chi connectivity index (χ0v) is 15.2. The van der Waals surface area contributed by atoms with Crippen molar-refractivity contribution in [3.63, 3.8) is 0 Å². The maximum Gasteiger partial charge on any atom is 0.341 e. The van der Waals surface area contributed by atoms with Crippen molar-refractivity contribution < 1.29 is 23.9 Å². The molecule has 0 bridgehead atoms. The van der Waals surface area contributed by atoms with Crippen LogP contribution < -0.4 is 5.32 Å². The molecule has 0 unspecified atom stereocenters. The molecular weight excluding hydrogens is 354 g/mol. The number of esters is 2. The number of nitrogens with one attached hydrogen (secondary N) is 1. The van der Waals surface area contributed by atoms with Gasteiger partial charge in [-0.2, -0.15) is 0 Å². The zero-order chi connectivity index (χ0) is 18.5. The summed E-state index contributed by atoms with van der Waals surface area (Å²) < 4.78 is 9.86. The molecule has 136 valence electrons. The molecule has 0 spiro atoms. The summed E-state index contributed by atoms with van der Waals surface area (Å²) in [5.41, 5.74) is 2.20. The second-order valence-corrected chi connectivity index (χ2v) is 7.03. The van der Waals surface area contributed by atoms with Crippen molar-refractivity contribution in [3.8, 4) is 0 Å². The Morgan fingerprint density at radius 1 is 1.15 bits per heavy atom. The largest absolute Gasteiger partial charge is 0.465 e. The third kappa shape index (κ3) is 4.11. The van der Waals surface area contributed by atoms with Gasteiger partial charge in [-0.15, -0.1) is 11.3 Å². The van der Waals surface area contributed by atoms with E-state index in [-0.39, 0.29) is 6.42 Å². The molecule has 0 saturated carbocycles. The Labute approximate surface area is 155 Å². The molecule has 0 atom stereocenters. The highest BCUT2D eigenvalue weighted by molar-refractivity contribution is 7.17. The van der Waals surface area contributed by atoms with Crippen LogP contribution in [0.15, 0.2) is 30.3 Å². The lowest BCUT2D eigenvalue weighted by Gasteiger charge is -2.08. The monoisotopic (exact) mass is 373 g/mol. The smallest absolute Gasteiger partial charge is 0.341 e. The molecule has 7 heteroatoms. The van der Waals surface area contributed by atoms with Crippen LogP contribution in [0.3, 0.4) is 0 Å². The Kier molecular flexibility index (Phi) is 5.68. The van der Waals surface area contributed by atoms with E-state index < -0.39 is 24.5 Å². The van der Waals surface area contributed by atoms with E-state index in [0.717, 1.165) is 35.3 Å². The molecule has 1 aliphatic rings. The highest BCUT2D eigenvalue weighted by atomic mass is 32.1. The lowest BCUT2D eigenvalue weighted by Crippen LogP contribution is -2.22. The minimum Gasteiger partial charge on any atom is -0.465 e. The van der Waals surface area contributed by atoms with Crippen LogP contribution in [0.5, 0.6) is 0 Å². The number of hydrogen-bond acceptors (Lipinski definition) is 6. The first-order chi connectivity index (χ1) is 12.6. The van der Waals surface area contributed by atoms with Gasteiger partial charge in [0.15, 0.2) is 6.61 Å². The Morgan fingerprint density at radius 3 is 2.65 bits per heavy atom. The van der Waals surface area contributed by atoms with Gasteiger partial charge in [0.25, 0.3) is 5.91 Å². The molecule has 26 heavy (non-hydrogen) atoms. The number of rotatable bonds is 6. The first-order valence-electron chi connectivity index (χ1n) is 8.30. The molecule has 3 rings (SSSR count). The molecule has 0 fully saturated rings. The van der Waals surface area contributed by atoms with Gasteiger partial charge in [-0.05, 0) is 30.4 Å². The van der Waals surface area contributed by atoms with Crippen LogP contribution in [-0.4, -0.2) is 31.6 Å². The Morgan fingerprint density at radius 2 is 1.92 bits per heavy atom. The SMILES string of the molecule is COC(=O)c1c(NC(=O)COC(=O)Cc2ccccc2)sc2c1CCC2. The number of carbonyl (C=O) groups is 3. The molecule has 2 aromatic rings. The van der Waals surface area contributed by atoms with Crippen molar-refractivity contribution in [2.75, 3.05) is 19.0 Å². The van der Waals surface area contributed by atoms with Gasteiger partial charge >= 0.3 is 11.9 Å². The fourth-order valence-electron chi connectivity index (χ4n) is 2.93. The summed E-state index contributed by atoms with van der Waals surface area (Å²) in [5, 5.41) is 3.14. The second-order valence-electron chi connectivity index (χ2n) is 5.92. The molecule has 1 aromatic carbocycles. The number of amides is 1. The van der Waals surface area contributed by atoms with Crippen molar-refractivity contribution in [1.82, 2.24) is 0 Å². The van der Waals surface area contributed by atoms with Crippen LogP contribution in [0.2, 0.25) is 0 Å². The summed E-state index contributed by atoms with van der Waals surface area (Å²) in [7, 11) is 1.32. The first-order valence-corrected chi connectivity index (χ1v) is 9.12. The van der Waals surface area contributed by atoms with Gasteiger partial charge in [0.2, 0.25) is 0 Å². The number of ether oxygens (including phenoxy) is 2. The van der Waals surface area contributed by atoms with Gasteiger partial charge < -0.3 is 14.8 Å². The summed E-state index contributed by atoms with van der Waals surface area (Å²) in [6.07, 6.45) is 2.80. The molecular formula is C19H19NO5S. The van der Waals surface area contributed by atoms with E-state index in [0.29, 0.717) is 10.6 Å². The van der Waals surface area contributed by atoms with E-state index in [1.807, 2.05) is 30.3 Å². The number of hydrogen-bond donors (Lipinski definition) is 1. The number of carbonyl (C=O) groups excluding carboxylic acids is 3. The number of methoxy groups -OCH3 is 1. The van der Waals surface area contributed by atoms with E-state index in [1.165, 1.54) is 18.4 Å². The third-order valence-electron chi connectivity index (χ3n) is 4.12. The molecule has 1 aromatic heterocycles. The normalized spacial score (nSPS) is 12.3. The Bertz CT molecular complexity index is 828. The van der Waals surface area contributed by atoms with E-state index >= 15 is 0 Å². The van der Waals surface area contributed by atoms with Crippen LogP contribution in [0.4, 0.5) is 5.00 Å². The van der Waals surface area contributed by atoms with Crippen molar-refractivity contribution in [1.29, 1.82) is 0 Å². The van der Waals surface area contributed by atoms with Crippen molar-refractivity contribution in [2.24, 2.45) is 0 Å². The van der Waals surface area contributed by atoms with Crippen LogP contribution in [0, 0.1) is 0 Å². The predicted molar refractivity (Wildman–Crippen MR) is 97.4 cm³/mol. The maximum atomic E-state index is 12.1. The minimum atomic E-state index is -0.479. The summed E-state index contributed by atoms with van der Waals surface area (Å²) >= 11 is 1.38. The molecule has 1 amide bonds. The number of anilines is 1. The summed E-state index contributed by atoms with van der Waals surface area (Å²) in [6.45, 7) is -0.394. The van der Waals surface area contributed by atoms with Crippen LogP contribution in [0.1, 0.15) is 32.8 Å². The fourth-order valence-corrected chi connectivity index (χ4v) is 4.23. The molecule has 0 aliphatic heterocycles. The van der Waals surface area contributed by atoms with E-state index in [4.69, 9.17) is 9.47 Å². The van der Waals surface area contributed by atoms with E-state index in [1.54, 1.807) is 0 Å². The molecule has 1 aliphatic carbocycles. The summed E-state index contributed by atoms with van der Waals surface area (Å²) in [5.74, 6) is -1.41.